The molecule has 1 aromatic heterocycles. The molecule has 2 aliphatic rings. The van der Waals surface area contributed by atoms with Crippen molar-refractivity contribution in [3.8, 4) is 32.8 Å². The number of rotatable bonds is 8. The molecule has 66 heavy (non-hydrogen) atoms. The Kier molecular flexibility index (Phi) is 8.87. The van der Waals surface area contributed by atoms with E-state index >= 15 is 0 Å². The van der Waals surface area contributed by atoms with Crippen molar-refractivity contribution in [3.05, 3.63) is 299 Å². The summed E-state index contributed by atoms with van der Waals surface area (Å²) in [6.45, 7) is 0. The Hall–Kier alpha value is -8.11. The topological polar surface area (TPSA) is 16.1 Å². The molecule has 11 aromatic rings. The van der Waals surface area contributed by atoms with Gasteiger partial charge in [-0.05, 0) is 109 Å². The van der Waals surface area contributed by atoms with Crippen LogP contribution in [0.3, 0.4) is 0 Å². The minimum absolute atomic E-state index is 0.544. The minimum atomic E-state index is -0.544. The SMILES string of the molecule is c1ccc(-c2nc3ccc(N(c4ccc5c(c4)C(c4ccccc4)(c4ccccc4)c4ccccc4-5)c4ccc5c(c4)C(c4ccccc4)(c4ccccc4)c4ccccc4-5)cc3s2)cc1. The maximum absolute atomic E-state index is 5.14. The van der Waals surface area contributed by atoms with Crippen molar-refractivity contribution in [3.63, 3.8) is 0 Å². The predicted molar refractivity (Wildman–Crippen MR) is 274 cm³/mol. The van der Waals surface area contributed by atoms with E-state index in [1.807, 2.05) is 0 Å². The quantitative estimate of drug-likeness (QED) is 0.151. The molecule has 0 amide bonds. The fraction of sp³-hybridized carbons (Fsp3) is 0.0317. The number of aromatic nitrogens is 1. The van der Waals surface area contributed by atoms with Gasteiger partial charge in [0.05, 0.1) is 21.0 Å². The summed E-state index contributed by atoms with van der Waals surface area (Å²) in [5.74, 6) is 0. The van der Waals surface area contributed by atoms with Crippen LogP contribution in [0.25, 0.3) is 43.0 Å². The van der Waals surface area contributed by atoms with E-state index < -0.39 is 10.8 Å². The lowest BCUT2D eigenvalue weighted by Crippen LogP contribution is -2.29. The fourth-order valence-corrected chi connectivity index (χ4v) is 12.4. The van der Waals surface area contributed by atoms with Gasteiger partial charge in [-0.25, -0.2) is 4.98 Å². The molecule has 0 aliphatic heterocycles. The van der Waals surface area contributed by atoms with Gasteiger partial charge in [0.2, 0.25) is 0 Å². The molecule has 0 atom stereocenters. The molecule has 10 aromatic carbocycles. The number of fused-ring (bicyclic) bond motifs is 7. The second kappa shape index (κ2) is 15.3. The molecule has 310 valence electrons. The maximum Gasteiger partial charge on any atom is 0.124 e. The summed E-state index contributed by atoms with van der Waals surface area (Å²) in [6, 6.07) is 94.0. The summed E-state index contributed by atoms with van der Waals surface area (Å²) in [4.78, 5) is 7.62. The summed E-state index contributed by atoms with van der Waals surface area (Å²) < 4.78 is 1.14. The van der Waals surface area contributed by atoms with Crippen LogP contribution in [0.15, 0.2) is 255 Å². The number of hydrogen-bond donors (Lipinski definition) is 0. The highest BCUT2D eigenvalue weighted by molar-refractivity contribution is 7.21. The number of hydrogen-bond acceptors (Lipinski definition) is 3. The molecule has 13 rings (SSSR count). The summed E-state index contributed by atoms with van der Waals surface area (Å²) in [6.07, 6.45) is 0. The van der Waals surface area contributed by atoms with Gasteiger partial charge < -0.3 is 4.90 Å². The van der Waals surface area contributed by atoms with E-state index in [0.29, 0.717) is 0 Å². The van der Waals surface area contributed by atoms with Gasteiger partial charge in [0.1, 0.15) is 5.01 Å². The number of anilines is 3. The highest BCUT2D eigenvalue weighted by atomic mass is 32.1. The minimum Gasteiger partial charge on any atom is -0.310 e. The highest BCUT2D eigenvalue weighted by Gasteiger charge is 2.48. The van der Waals surface area contributed by atoms with Gasteiger partial charge in [0.15, 0.2) is 0 Å². The van der Waals surface area contributed by atoms with Crippen LogP contribution in [0.1, 0.15) is 44.5 Å². The first-order chi connectivity index (χ1) is 32.7. The maximum atomic E-state index is 5.14. The zero-order valence-electron chi connectivity index (χ0n) is 36.1. The third-order valence-corrected chi connectivity index (χ3v) is 15.1. The smallest absolute Gasteiger partial charge is 0.124 e. The molecule has 1 heterocycles. The standard InChI is InChI=1S/C63H42N2S/c1-6-20-43(21-7-1)61-64-59-39-36-50(42-60(59)66-61)65(48-34-37-53-51-30-16-18-32-55(51)62(57(53)40-48,44-22-8-2-9-23-44)45-24-10-3-11-25-45)49-35-38-54-52-31-17-19-33-56(52)63(58(54)41-49,46-26-12-4-13-27-46)47-28-14-5-15-29-47/h1-42H. The van der Waals surface area contributed by atoms with Gasteiger partial charge in [-0.3, -0.25) is 0 Å². The first-order valence-corrected chi connectivity index (χ1v) is 23.5. The molecule has 2 aliphatic carbocycles. The van der Waals surface area contributed by atoms with Crippen molar-refractivity contribution in [1.82, 2.24) is 4.98 Å². The van der Waals surface area contributed by atoms with Crippen LogP contribution in [0, 0.1) is 0 Å². The number of benzene rings is 10. The van der Waals surface area contributed by atoms with E-state index in [1.165, 1.54) is 66.8 Å². The summed E-state index contributed by atoms with van der Waals surface area (Å²) in [5, 5.41) is 1.02. The van der Waals surface area contributed by atoms with Gasteiger partial charge in [-0.2, -0.15) is 0 Å². The van der Waals surface area contributed by atoms with E-state index in [0.717, 1.165) is 37.8 Å². The first-order valence-electron chi connectivity index (χ1n) is 22.7. The van der Waals surface area contributed by atoms with E-state index in [4.69, 9.17) is 4.98 Å². The second-order valence-electron chi connectivity index (χ2n) is 17.4. The van der Waals surface area contributed by atoms with E-state index in [2.05, 4.69) is 260 Å². The lowest BCUT2D eigenvalue weighted by molar-refractivity contribution is 0.767. The number of nitrogens with zero attached hydrogens (tertiary/aromatic N) is 2. The van der Waals surface area contributed by atoms with Crippen molar-refractivity contribution < 1.29 is 0 Å². The van der Waals surface area contributed by atoms with Crippen molar-refractivity contribution >= 4 is 38.6 Å². The van der Waals surface area contributed by atoms with E-state index in [-0.39, 0.29) is 0 Å². The number of thiazole rings is 1. The summed E-state index contributed by atoms with van der Waals surface area (Å²) in [7, 11) is 0. The van der Waals surface area contributed by atoms with Gasteiger partial charge in [-0.15, -0.1) is 11.3 Å². The van der Waals surface area contributed by atoms with Crippen molar-refractivity contribution in [2.75, 3.05) is 4.90 Å². The normalized spacial score (nSPS) is 13.7. The average Bonchev–Trinajstić information content (AvgIpc) is 4.05. The van der Waals surface area contributed by atoms with Gasteiger partial charge in [0.25, 0.3) is 0 Å². The molecule has 0 radical (unpaired) electrons. The molecule has 2 nitrogen and oxygen atoms in total. The van der Waals surface area contributed by atoms with Gasteiger partial charge in [-0.1, -0.05) is 212 Å². The highest BCUT2D eigenvalue weighted by Crippen LogP contribution is 2.59. The fourth-order valence-electron chi connectivity index (χ4n) is 11.3. The zero-order valence-corrected chi connectivity index (χ0v) is 36.9. The largest absolute Gasteiger partial charge is 0.310 e. The van der Waals surface area contributed by atoms with Crippen LogP contribution < -0.4 is 4.90 Å². The van der Waals surface area contributed by atoms with Crippen molar-refractivity contribution in [2.45, 2.75) is 10.8 Å². The molecule has 0 saturated heterocycles. The van der Waals surface area contributed by atoms with E-state index in [1.54, 1.807) is 11.3 Å². The molecule has 0 spiro atoms. The van der Waals surface area contributed by atoms with Gasteiger partial charge in [0, 0.05) is 22.6 Å². The second-order valence-corrected chi connectivity index (χ2v) is 18.4. The Morgan fingerprint density at radius 3 is 1.14 bits per heavy atom. The predicted octanol–water partition coefficient (Wildman–Crippen LogP) is 16.2. The Bertz CT molecular complexity index is 3320. The molecular formula is C63H42N2S. The molecule has 0 bridgehead atoms. The Morgan fingerprint density at radius 2 is 0.682 bits per heavy atom. The van der Waals surface area contributed by atoms with Crippen molar-refractivity contribution in [2.24, 2.45) is 0 Å². The Labute approximate surface area is 389 Å². The molecular weight excluding hydrogens is 817 g/mol. The monoisotopic (exact) mass is 858 g/mol. The van der Waals surface area contributed by atoms with Crippen molar-refractivity contribution in [1.29, 1.82) is 0 Å². The third kappa shape index (κ3) is 5.63. The summed E-state index contributed by atoms with van der Waals surface area (Å²) in [5.41, 5.74) is 19.5. The van der Waals surface area contributed by atoms with Crippen LogP contribution in [-0.2, 0) is 10.8 Å². The van der Waals surface area contributed by atoms with Crippen LogP contribution in [-0.4, -0.2) is 4.98 Å². The Balaban J connectivity index is 1.09. The molecule has 0 unspecified atom stereocenters. The molecule has 3 heteroatoms. The van der Waals surface area contributed by atoms with Crippen LogP contribution >= 0.6 is 11.3 Å². The van der Waals surface area contributed by atoms with Crippen LogP contribution in [0.5, 0.6) is 0 Å². The lowest BCUT2D eigenvalue weighted by Gasteiger charge is -2.36. The Morgan fingerprint density at radius 1 is 0.318 bits per heavy atom. The lowest BCUT2D eigenvalue weighted by atomic mass is 9.67. The van der Waals surface area contributed by atoms with Crippen LogP contribution in [0.4, 0.5) is 17.1 Å². The van der Waals surface area contributed by atoms with Crippen LogP contribution in [0.2, 0.25) is 0 Å². The van der Waals surface area contributed by atoms with E-state index in [9.17, 15) is 0 Å². The molecule has 0 N–H and O–H groups in total. The zero-order chi connectivity index (χ0) is 43.7. The van der Waals surface area contributed by atoms with Gasteiger partial charge >= 0.3 is 0 Å². The average molecular weight is 859 g/mol. The first kappa shape index (κ1) is 38.4. The summed E-state index contributed by atoms with van der Waals surface area (Å²) >= 11 is 1.75. The molecule has 0 saturated carbocycles. The molecule has 0 fully saturated rings. The third-order valence-electron chi connectivity index (χ3n) is 14.1.